The van der Waals surface area contributed by atoms with Gasteiger partial charge in [-0.3, -0.25) is 0 Å². The van der Waals surface area contributed by atoms with Gasteiger partial charge in [0.25, 0.3) is 0 Å². The smallest absolute Gasteiger partial charge is 0.248 e. The van der Waals surface area contributed by atoms with Crippen LogP contribution in [0.2, 0.25) is 0 Å². The van der Waals surface area contributed by atoms with Crippen molar-refractivity contribution in [2.24, 2.45) is 0 Å². The molecule has 0 bridgehead atoms. The van der Waals surface area contributed by atoms with Crippen LogP contribution in [0.25, 0.3) is 23.6 Å². The van der Waals surface area contributed by atoms with Gasteiger partial charge in [-0.05, 0) is 68.6 Å². The molecule has 2 aromatic carbocycles. The van der Waals surface area contributed by atoms with E-state index in [4.69, 9.17) is 9.68 Å². The van der Waals surface area contributed by atoms with Crippen LogP contribution >= 0.6 is 0 Å². The minimum Gasteiger partial charge on any atom is -0.417 e. The highest BCUT2D eigenvalue weighted by Gasteiger charge is 2.24. The molecule has 0 saturated carbocycles. The van der Waals surface area contributed by atoms with Crippen LogP contribution in [0, 0.1) is 11.3 Å². The fourth-order valence-corrected chi connectivity index (χ4v) is 3.47. The van der Waals surface area contributed by atoms with Gasteiger partial charge in [-0.2, -0.15) is 5.26 Å². The van der Waals surface area contributed by atoms with E-state index in [1.54, 1.807) is 18.2 Å². The number of anilines is 1. The first kappa shape index (κ1) is 18.9. The van der Waals surface area contributed by atoms with E-state index in [0.717, 1.165) is 24.2 Å². The SMILES string of the molecule is CN(C)C1CCN(c2ccc(-c3nnc(C=Cc4ccc(C#N)cc4)o3)cc2)C1. The summed E-state index contributed by atoms with van der Waals surface area (Å²) >= 11 is 0. The van der Waals surface area contributed by atoms with E-state index < -0.39 is 0 Å². The Balaban J connectivity index is 1.42. The zero-order valence-electron chi connectivity index (χ0n) is 16.6. The van der Waals surface area contributed by atoms with Gasteiger partial charge in [0.15, 0.2) is 0 Å². The molecule has 1 saturated heterocycles. The summed E-state index contributed by atoms with van der Waals surface area (Å²) in [7, 11) is 4.28. The van der Waals surface area contributed by atoms with E-state index in [0.29, 0.717) is 23.4 Å². The van der Waals surface area contributed by atoms with Crippen LogP contribution in [0.5, 0.6) is 0 Å². The quantitative estimate of drug-likeness (QED) is 0.663. The lowest BCUT2D eigenvalue weighted by molar-refractivity contribution is 0.315. The normalized spacial score (nSPS) is 16.6. The molecule has 1 unspecified atom stereocenters. The number of hydrogen-bond acceptors (Lipinski definition) is 6. The number of aromatic nitrogens is 2. The van der Waals surface area contributed by atoms with Gasteiger partial charge in [-0.25, -0.2) is 0 Å². The van der Waals surface area contributed by atoms with Crippen LogP contribution in [0.4, 0.5) is 5.69 Å². The molecule has 1 aliphatic heterocycles. The lowest BCUT2D eigenvalue weighted by atomic mass is 10.1. The standard InChI is InChI=1S/C23H23N5O/c1-27(2)21-13-14-28(16-21)20-10-8-19(9-11-20)23-26-25-22(29-23)12-7-17-3-5-18(15-24)6-4-17/h3-12,21H,13-14,16H2,1-2H3. The van der Waals surface area contributed by atoms with Gasteiger partial charge >= 0.3 is 0 Å². The molecule has 6 heteroatoms. The van der Waals surface area contributed by atoms with Crippen molar-refractivity contribution in [3.63, 3.8) is 0 Å². The summed E-state index contributed by atoms with van der Waals surface area (Å²) in [6, 6.07) is 18.3. The molecule has 0 amide bonds. The van der Waals surface area contributed by atoms with Gasteiger partial charge in [0, 0.05) is 36.5 Å². The zero-order chi connectivity index (χ0) is 20.2. The molecule has 1 aromatic heterocycles. The van der Waals surface area contributed by atoms with Crippen LogP contribution < -0.4 is 4.90 Å². The molecule has 0 N–H and O–H groups in total. The molecule has 0 radical (unpaired) electrons. The number of hydrogen-bond donors (Lipinski definition) is 0. The highest BCUT2D eigenvalue weighted by Crippen LogP contribution is 2.26. The van der Waals surface area contributed by atoms with Crippen LogP contribution in [-0.2, 0) is 0 Å². The molecule has 0 spiro atoms. The lowest BCUT2D eigenvalue weighted by Crippen LogP contribution is -2.31. The van der Waals surface area contributed by atoms with E-state index in [1.807, 2.05) is 30.3 Å². The maximum absolute atomic E-state index is 8.85. The average molecular weight is 385 g/mol. The third-order valence-electron chi connectivity index (χ3n) is 5.27. The second-order valence-electron chi connectivity index (χ2n) is 7.41. The summed E-state index contributed by atoms with van der Waals surface area (Å²) < 4.78 is 5.77. The average Bonchev–Trinajstić information content (AvgIpc) is 3.43. The summed E-state index contributed by atoms with van der Waals surface area (Å²) in [6.07, 6.45) is 4.85. The molecule has 29 heavy (non-hydrogen) atoms. The van der Waals surface area contributed by atoms with Gasteiger partial charge in [0.05, 0.1) is 11.6 Å². The number of benzene rings is 2. The van der Waals surface area contributed by atoms with Gasteiger partial charge in [0.2, 0.25) is 11.8 Å². The molecule has 1 aliphatic rings. The Morgan fingerprint density at radius 1 is 1.07 bits per heavy atom. The van der Waals surface area contributed by atoms with E-state index >= 15 is 0 Å². The number of nitriles is 1. The Morgan fingerprint density at radius 2 is 1.83 bits per heavy atom. The molecule has 4 rings (SSSR count). The predicted molar refractivity (Wildman–Crippen MR) is 114 cm³/mol. The van der Waals surface area contributed by atoms with Crippen LogP contribution in [0.3, 0.4) is 0 Å². The summed E-state index contributed by atoms with van der Waals surface area (Å²) in [6.45, 7) is 2.13. The number of rotatable bonds is 5. The Morgan fingerprint density at radius 3 is 2.48 bits per heavy atom. The van der Waals surface area contributed by atoms with E-state index in [-0.39, 0.29) is 0 Å². The molecule has 1 atom stereocenters. The summed E-state index contributed by atoms with van der Waals surface area (Å²) in [4.78, 5) is 4.70. The Labute approximate surface area is 170 Å². The monoisotopic (exact) mass is 385 g/mol. The fraction of sp³-hybridized carbons (Fsp3) is 0.261. The maximum Gasteiger partial charge on any atom is 0.248 e. The van der Waals surface area contributed by atoms with Gasteiger partial charge < -0.3 is 14.2 Å². The van der Waals surface area contributed by atoms with Crippen LogP contribution in [0.15, 0.2) is 52.9 Å². The lowest BCUT2D eigenvalue weighted by Gasteiger charge is -2.21. The van der Waals surface area contributed by atoms with Crippen molar-refractivity contribution < 1.29 is 4.42 Å². The van der Waals surface area contributed by atoms with Gasteiger partial charge in [-0.15, -0.1) is 10.2 Å². The third-order valence-corrected chi connectivity index (χ3v) is 5.27. The summed E-state index contributed by atoms with van der Waals surface area (Å²) in [5.74, 6) is 0.949. The number of likely N-dealkylation sites (N-methyl/N-ethyl adjacent to an activating group) is 1. The molecule has 6 nitrogen and oxygen atoms in total. The van der Waals surface area contributed by atoms with E-state index in [9.17, 15) is 0 Å². The van der Waals surface area contributed by atoms with Crippen LogP contribution in [-0.4, -0.2) is 48.3 Å². The van der Waals surface area contributed by atoms with Crippen molar-refractivity contribution in [3.05, 3.63) is 65.5 Å². The molecule has 2 heterocycles. The first-order valence-electron chi connectivity index (χ1n) is 9.66. The highest BCUT2D eigenvalue weighted by atomic mass is 16.4. The van der Waals surface area contributed by atoms with Gasteiger partial charge in [-0.1, -0.05) is 12.1 Å². The Kier molecular flexibility index (Phi) is 5.41. The largest absolute Gasteiger partial charge is 0.417 e. The molecule has 1 fully saturated rings. The molecule has 146 valence electrons. The Hall–Kier alpha value is -3.43. The predicted octanol–water partition coefficient (Wildman–Crippen LogP) is 3.92. The first-order valence-corrected chi connectivity index (χ1v) is 9.66. The zero-order valence-corrected chi connectivity index (χ0v) is 16.6. The fourth-order valence-electron chi connectivity index (χ4n) is 3.47. The minimum atomic E-state index is 0.446. The second kappa shape index (κ2) is 8.29. The van der Waals surface area contributed by atoms with Crippen molar-refractivity contribution in [2.45, 2.75) is 12.5 Å². The van der Waals surface area contributed by atoms with Crippen molar-refractivity contribution in [1.82, 2.24) is 15.1 Å². The molecular formula is C23H23N5O. The van der Waals surface area contributed by atoms with E-state index in [1.165, 1.54) is 12.1 Å². The number of nitrogens with zero attached hydrogens (tertiary/aromatic N) is 5. The molecular weight excluding hydrogens is 362 g/mol. The first-order chi connectivity index (χ1) is 14.1. The maximum atomic E-state index is 8.85. The van der Waals surface area contributed by atoms with E-state index in [2.05, 4.69) is 52.3 Å². The molecule has 3 aromatic rings. The summed E-state index contributed by atoms with van der Waals surface area (Å²) in [5, 5.41) is 17.1. The molecule has 0 aliphatic carbocycles. The third kappa shape index (κ3) is 4.36. The van der Waals surface area contributed by atoms with Crippen molar-refractivity contribution >= 4 is 17.8 Å². The topological polar surface area (TPSA) is 69.2 Å². The Bertz CT molecular complexity index is 1030. The van der Waals surface area contributed by atoms with Crippen molar-refractivity contribution in [3.8, 4) is 17.5 Å². The van der Waals surface area contributed by atoms with Crippen molar-refractivity contribution in [1.29, 1.82) is 5.26 Å². The van der Waals surface area contributed by atoms with Crippen molar-refractivity contribution in [2.75, 3.05) is 32.1 Å². The van der Waals surface area contributed by atoms with Crippen LogP contribution in [0.1, 0.15) is 23.4 Å². The highest BCUT2D eigenvalue weighted by molar-refractivity contribution is 5.67. The minimum absolute atomic E-state index is 0.446. The second-order valence-corrected chi connectivity index (χ2v) is 7.41. The summed E-state index contributed by atoms with van der Waals surface area (Å²) in [5.41, 5.74) is 3.73. The van der Waals surface area contributed by atoms with Gasteiger partial charge in [0.1, 0.15) is 0 Å².